The highest BCUT2D eigenvalue weighted by atomic mass is 127. The molecule has 0 saturated heterocycles. The predicted molar refractivity (Wildman–Crippen MR) is 259 cm³/mol. The quantitative estimate of drug-likeness (QED) is 0.0905. The van der Waals surface area contributed by atoms with Gasteiger partial charge in [-0.05, 0) is 105 Å². The Balaban J connectivity index is 1.36. The zero-order valence-corrected chi connectivity index (χ0v) is 40.1. The first-order valence-corrected chi connectivity index (χ1v) is 25.0. The summed E-state index contributed by atoms with van der Waals surface area (Å²) in [7, 11) is -6.56. The maximum atomic E-state index is 15.6. The summed E-state index contributed by atoms with van der Waals surface area (Å²) in [4.78, 5) is 0. The van der Waals surface area contributed by atoms with Crippen LogP contribution in [0.3, 0.4) is 0 Å². The van der Waals surface area contributed by atoms with E-state index >= 15 is 9.13 Å². The molecule has 0 aliphatic carbocycles. The van der Waals surface area contributed by atoms with Crippen molar-refractivity contribution in [1.82, 2.24) is 0 Å². The van der Waals surface area contributed by atoms with E-state index in [0.29, 0.717) is 17.9 Å². The molecule has 296 valence electrons. The van der Waals surface area contributed by atoms with Gasteiger partial charge in [0.1, 0.15) is 11.5 Å². The lowest BCUT2D eigenvalue weighted by atomic mass is 9.87. The van der Waals surface area contributed by atoms with Crippen LogP contribution in [-0.2, 0) is 20.0 Å². The van der Waals surface area contributed by atoms with Crippen LogP contribution < -0.4 is 41.3 Å². The smallest absolute Gasteiger partial charge is 0.172 e. The van der Waals surface area contributed by atoms with Gasteiger partial charge in [-0.25, -0.2) is 0 Å². The molecule has 0 radical (unpaired) electrons. The molecule has 57 heavy (non-hydrogen) atoms. The van der Waals surface area contributed by atoms with E-state index in [1.54, 1.807) is 0 Å². The molecule has 0 aromatic heterocycles. The van der Waals surface area contributed by atoms with Crippen LogP contribution in [0.1, 0.15) is 72.9 Å². The van der Waals surface area contributed by atoms with Crippen molar-refractivity contribution in [1.29, 1.82) is 0 Å². The second kappa shape index (κ2) is 17.6. The van der Waals surface area contributed by atoms with Crippen LogP contribution in [0.4, 0.5) is 0 Å². The average molecular weight is 1020 g/mol. The largest absolute Gasteiger partial charge is 0.489 e. The molecule has 0 spiro atoms. The van der Waals surface area contributed by atoms with Gasteiger partial charge in [0.25, 0.3) is 0 Å². The van der Waals surface area contributed by atoms with Gasteiger partial charge < -0.3 is 18.6 Å². The van der Waals surface area contributed by atoms with Crippen molar-refractivity contribution in [3.63, 3.8) is 0 Å². The van der Waals surface area contributed by atoms with Crippen LogP contribution in [0.2, 0.25) is 0 Å². The summed E-state index contributed by atoms with van der Waals surface area (Å²) in [6.07, 6.45) is 0.0968. The number of hydrogen-bond acceptors (Lipinski definition) is 4. The molecule has 0 aliphatic rings. The van der Waals surface area contributed by atoms with Gasteiger partial charge in [0.2, 0.25) is 0 Å². The van der Waals surface area contributed by atoms with Gasteiger partial charge in [-0.3, -0.25) is 0 Å². The average Bonchev–Trinajstić information content (AvgIpc) is 3.19. The van der Waals surface area contributed by atoms with E-state index in [-0.39, 0.29) is 23.0 Å². The van der Waals surface area contributed by atoms with E-state index in [2.05, 4.69) is 125 Å². The Bertz CT molecular complexity index is 2150. The van der Waals surface area contributed by atoms with Crippen LogP contribution in [0, 0.1) is 7.14 Å². The van der Waals surface area contributed by atoms with Crippen molar-refractivity contribution in [2.24, 2.45) is 0 Å². The summed E-state index contributed by atoms with van der Waals surface area (Å²) in [5, 5.41) is 4.71. The van der Waals surface area contributed by atoms with Crippen molar-refractivity contribution in [2.45, 2.75) is 84.8 Å². The second-order valence-electron chi connectivity index (χ2n) is 16.8. The first kappa shape index (κ1) is 43.4. The summed E-state index contributed by atoms with van der Waals surface area (Å²) in [5.74, 6) is 1.42. The maximum absolute atomic E-state index is 15.6. The third-order valence-electron chi connectivity index (χ3n) is 10.2. The summed E-state index contributed by atoms with van der Waals surface area (Å²) in [5.41, 5.74) is 1.67. The first-order valence-electron chi connectivity index (χ1n) is 19.4. The third-order valence-corrected chi connectivity index (χ3v) is 19.5. The fourth-order valence-electron chi connectivity index (χ4n) is 7.07. The van der Waals surface area contributed by atoms with Crippen LogP contribution in [0.25, 0.3) is 0 Å². The van der Waals surface area contributed by atoms with Gasteiger partial charge in [0, 0.05) is 38.2 Å². The monoisotopic (exact) mass is 1020 g/mol. The number of rotatable bonds is 12. The zero-order valence-electron chi connectivity index (χ0n) is 34.0. The molecule has 6 rings (SSSR count). The lowest BCUT2D eigenvalue weighted by Gasteiger charge is -2.29. The molecule has 0 saturated carbocycles. The topological polar surface area (TPSA) is 52.6 Å². The molecule has 0 aliphatic heterocycles. The van der Waals surface area contributed by atoms with Crippen LogP contribution in [0.15, 0.2) is 146 Å². The number of hydrogen-bond donors (Lipinski definition) is 0. The number of ether oxygens (including phenoxy) is 2. The number of benzene rings is 6. The van der Waals surface area contributed by atoms with E-state index < -0.39 is 14.3 Å². The highest BCUT2D eigenvalue weighted by Gasteiger charge is 2.36. The normalized spacial score (nSPS) is 13.5. The molecule has 6 aromatic carbocycles. The van der Waals surface area contributed by atoms with Gasteiger partial charge in [-0.15, -0.1) is 0 Å². The maximum Gasteiger partial charge on any atom is 0.172 e. The Labute approximate surface area is 367 Å². The molecule has 6 aromatic rings. The van der Waals surface area contributed by atoms with E-state index in [9.17, 15) is 0 Å². The molecular weight excluding hydrogens is 968 g/mol. The minimum Gasteiger partial charge on any atom is -0.489 e. The Kier molecular flexibility index (Phi) is 13.4. The SMILES string of the molecule is C[C@H](C[C@@H](C)Oc1cc(C(C)(C)C)cc(P(=O)(c2ccccc2)c2ccccc2)c1I)Oc1cc(C(C)(C)C)cc(P(=O)(c2ccccc2)c2ccccc2)c1I. The summed E-state index contributed by atoms with van der Waals surface area (Å²) in [6, 6.07) is 47.7. The lowest BCUT2D eigenvalue weighted by Crippen LogP contribution is -2.30. The minimum absolute atomic E-state index is 0.222. The van der Waals surface area contributed by atoms with Gasteiger partial charge in [-0.1, -0.05) is 163 Å². The Morgan fingerprint density at radius 3 is 0.982 bits per heavy atom. The number of halogens is 2. The fraction of sp³-hybridized carbons (Fsp3) is 0.265. The molecule has 0 fully saturated rings. The third kappa shape index (κ3) is 9.35. The standard InChI is InChI=1S/C49H52I2O4P2/c1-34(54-42-30-36(48(3,4)5)32-44(46(42)50)56(52,38-21-13-9-14-22-38)39-23-15-10-16-24-39)29-35(2)55-43-31-37(49(6,7)8)33-45(47(43)51)57(53,40-25-17-11-18-26-40)41-27-19-12-20-28-41/h9-28,30-35H,29H2,1-8H3/t34-,35-/m1/s1. The molecular formula is C49H52I2O4P2. The van der Waals surface area contributed by atoms with Crippen LogP contribution in [-0.4, -0.2) is 12.2 Å². The molecule has 4 nitrogen and oxygen atoms in total. The highest BCUT2D eigenvalue weighted by Crippen LogP contribution is 2.48. The van der Waals surface area contributed by atoms with Crippen LogP contribution in [0.5, 0.6) is 11.5 Å². The molecule has 0 unspecified atom stereocenters. The Morgan fingerprint density at radius 1 is 0.474 bits per heavy atom. The highest BCUT2D eigenvalue weighted by molar-refractivity contribution is 14.1. The van der Waals surface area contributed by atoms with Gasteiger partial charge in [0.15, 0.2) is 14.3 Å². The summed E-state index contributed by atoms with van der Waals surface area (Å²) in [6.45, 7) is 17.2. The van der Waals surface area contributed by atoms with E-state index in [0.717, 1.165) is 50.1 Å². The van der Waals surface area contributed by atoms with Crippen molar-refractivity contribution in [3.05, 3.63) is 164 Å². The molecule has 8 heteroatoms. The van der Waals surface area contributed by atoms with Crippen molar-refractivity contribution >= 4 is 91.3 Å². The summed E-state index contributed by atoms with van der Waals surface area (Å²) >= 11 is 4.66. The Hall–Kier alpha value is -3.16. The Morgan fingerprint density at radius 2 is 0.737 bits per heavy atom. The summed E-state index contributed by atoms with van der Waals surface area (Å²) < 4.78 is 46.7. The minimum atomic E-state index is -3.28. The molecule has 0 amide bonds. The van der Waals surface area contributed by atoms with E-state index in [1.165, 1.54) is 0 Å². The predicted octanol–water partition coefficient (Wildman–Crippen LogP) is 11.4. The molecule has 0 bridgehead atoms. The first-order chi connectivity index (χ1) is 26.9. The van der Waals surface area contributed by atoms with Crippen LogP contribution >= 0.6 is 59.5 Å². The lowest BCUT2D eigenvalue weighted by molar-refractivity contribution is 0.129. The van der Waals surface area contributed by atoms with Crippen molar-refractivity contribution < 1.29 is 18.6 Å². The molecule has 2 atom stereocenters. The zero-order chi connectivity index (χ0) is 41.2. The van der Waals surface area contributed by atoms with E-state index in [4.69, 9.17) is 9.47 Å². The second-order valence-corrected chi connectivity index (χ2v) is 24.4. The molecule has 0 N–H and O–H groups in total. The fourth-order valence-corrected chi connectivity index (χ4v) is 15.5. The van der Waals surface area contributed by atoms with Crippen molar-refractivity contribution in [3.8, 4) is 11.5 Å². The van der Waals surface area contributed by atoms with Gasteiger partial charge >= 0.3 is 0 Å². The van der Waals surface area contributed by atoms with E-state index in [1.807, 2.05) is 121 Å². The van der Waals surface area contributed by atoms with Gasteiger partial charge in [-0.2, -0.15) is 0 Å². The van der Waals surface area contributed by atoms with Crippen molar-refractivity contribution in [2.75, 3.05) is 0 Å². The molecule has 0 heterocycles. The van der Waals surface area contributed by atoms with Gasteiger partial charge in [0.05, 0.1) is 19.3 Å².